The van der Waals surface area contributed by atoms with Gasteiger partial charge in [0.1, 0.15) is 0 Å². The number of para-hydroxylation sites is 1. The van der Waals surface area contributed by atoms with Crippen LogP contribution in [0.15, 0.2) is 30.5 Å². The predicted octanol–water partition coefficient (Wildman–Crippen LogP) is 3.60. The molecule has 5 heteroatoms. The van der Waals surface area contributed by atoms with Crippen LogP contribution in [0.5, 0.6) is 0 Å². The molecule has 1 saturated carbocycles. The number of nitrogens with zero attached hydrogens (tertiary/aromatic N) is 2. The van der Waals surface area contributed by atoms with Gasteiger partial charge in [-0.1, -0.05) is 12.1 Å². The first-order valence-corrected chi connectivity index (χ1v) is 8.92. The van der Waals surface area contributed by atoms with Crippen LogP contribution in [0.1, 0.15) is 25.7 Å². The Morgan fingerprint density at radius 2 is 2.00 bits per heavy atom. The van der Waals surface area contributed by atoms with Gasteiger partial charge in [0.25, 0.3) is 0 Å². The second-order valence-electron chi connectivity index (χ2n) is 7.06. The fraction of sp³-hybridized carbons (Fsp3) is 0.526. The number of ether oxygens (including phenoxy) is 1. The van der Waals surface area contributed by atoms with Crippen LogP contribution >= 0.6 is 0 Å². The SMILES string of the molecule is Cn1ccc2cccc(NC(=O)N3CCC(OCC4CC4)CC3)c21. The molecule has 1 N–H and O–H groups in total. The van der Waals surface area contributed by atoms with E-state index >= 15 is 0 Å². The van der Waals surface area contributed by atoms with Gasteiger partial charge in [0.05, 0.1) is 17.3 Å². The van der Waals surface area contributed by atoms with E-state index in [1.165, 1.54) is 12.8 Å². The van der Waals surface area contributed by atoms with Crippen molar-refractivity contribution in [2.45, 2.75) is 31.8 Å². The molecule has 2 aliphatic rings. The number of fused-ring (bicyclic) bond motifs is 1. The molecule has 2 fully saturated rings. The van der Waals surface area contributed by atoms with Gasteiger partial charge in [-0.15, -0.1) is 0 Å². The second kappa shape index (κ2) is 6.48. The number of benzene rings is 1. The zero-order valence-corrected chi connectivity index (χ0v) is 14.2. The molecule has 1 aliphatic heterocycles. The minimum atomic E-state index is -0.00987. The third-order valence-electron chi connectivity index (χ3n) is 5.13. The molecule has 0 spiro atoms. The summed E-state index contributed by atoms with van der Waals surface area (Å²) in [6.45, 7) is 2.45. The highest BCUT2D eigenvalue weighted by Gasteiger charge is 2.27. The average Bonchev–Trinajstić information content (AvgIpc) is 3.36. The number of carbonyl (C=O) groups excluding carboxylic acids is 1. The zero-order valence-electron chi connectivity index (χ0n) is 14.2. The Morgan fingerprint density at radius 1 is 1.21 bits per heavy atom. The van der Waals surface area contributed by atoms with E-state index in [0.717, 1.165) is 55.0 Å². The van der Waals surface area contributed by atoms with Crippen molar-refractivity contribution >= 4 is 22.6 Å². The van der Waals surface area contributed by atoms with Crippen LogP contribution < -0.4 is 5.32 Å². The van der Waals surface area contributed by atoms with E-state index in [4.69, 9.17) is 4.74 Å². The van der Waals surface area contributed by atoms with Gasteiger partial charge in [-0.2, -0.15) is 0 Å². The Bertz CT molecular complexity index is 727. The van der Waals surface area contributed by atoms with Crippen molar-refractivity contribution in [2.75, 3.05) is 25.0 Å². The molecule has 2 amide bonds. The fourth-order valence-electron chi connectivity index (χ4n) is 3.43. The summed E-state index contributed by atoms with van der Waals surface area (Å²) in [5.74, 6) is 0.803. The molecule has 5 nitrogen and oxygen atoms in total. The van der Waals surface area contributed by atoms with Crippen LogP contribution in [0.2, 0.25) is 0 Å². The number of nitrogens with one attached hydrogen (secondary N) is 1. The molecule has 4 rings (SSSR count). The highest BCUT2D eigenvalue weighted by Crippen LogP contribution is 2.30. The van der Waals surface area contributed by atoms with Gasteiger partial charge in [0.2, 0.25) is 0 Å². The van der Waals surface area contributed by atoms with Crippen LogP contribution in [-0.2, 0) is 11.8 Å². The predicted molar refractivity (Wildman–Crippen MR) is 95.2 cm³/mol. The summed E-state index contributed by atoms with van der Waals surface area (Å²) in [6, 6.07) is 8.06. The molecule has 1 aromatic carbocycles. The first-order chi connectivity index (χ1) is 11.7. The Labute approximate surface area is 142 Å². The van der Waals surface area contributed by atoms with Gasteiger partial charge in [0.15, 0.2) is 0 Å². The zero-order chi connectivity index (χ0) is 16.5. The Hall–Kier alpha value is -2.01. The third kappa shape index (κ3) is 3.26. The lowest BCUT2D eigenvalue weighted by atomic mass is 10.1. The molecule has 1 aromatic heterocycles. The van der Waals surface area contributed by atoms with Gasteiger partial charge < -0.3 is 19.5 Å². The third-order valence-corrected chi connectivity index (χ3v) is 5.13. The minimum absolute atomic E-state index is 0.00987. The molecule has 0 bridgehead atoms. The maximum absolute atomic E-state index is 12.6. The quantitative estimate of drug-likeness (QED) is 0.932. The minimum Gasteiger partial charge on any atom is -0.378 e. The van der Waals surface area contributed by atoms with Gasteiger partial charge >= 0.3 is 6.03 Å². The van der Waals surface area contributed by atoms with E-state index in [1.807, 2.05) is 34.8 Å². The highest BCUT2D eigenvalue weighted by atomic mass is 16.5. The van der Waals surface area contributed by atoms with E-state index in [-0.39, 0.29) is 6.03 Å². The van der Waals surface area contributed by atoms with Crippen molar-refractivity contribution in [2.24, 2.45) is 13.0 Å². The number of urea groups is 1. The van der Waals surface area contributed by atoms with Crippen molar-refractivity contribution in [1.82, 2.24) is 9.47 Å². The van der Waals surface area contributed by atoms with Crippen molar-refractivity contribution in [3.05, 3.63) is 30.5 Å². The van der Waals surface area contributed by atoms with Gasteiger partial charge in [-0.25, -0.2) is 4.79 Å². The molecule has 0 radical (unpaired) electrons. The topological polar surface area (TPSA) is 46.5 Å². The standard InChI is InChI=1S/C19H25N3O2/c1-21-10-7-15-3-2-4-17(18(15)21)20-19(23)22-11-8-16(9-12-22)24-13-14-5-6-14/h2-4,7,10,14,16H,5-6,8-9,11-13H2,1H3,(H,20,23). The monoisotopic (exact) mass is 327 g/mol. The Kier molecular flexibility index (Phi) is 4.19. The van der Waals surface area contributed by atoms with Crippen molar-refractivity contribution in [3.8, 4) is 0 Å². The number of hydrogen-bond acceptors (Lipinski definition) is 2. The Morgan fingerprint density at radius 3 is 2.75 bits per heavy atom. The summed E-state index contributed by atoms with van der Waals surface area (Å²) in [5, 5.41) is 4.22. The Balaban J connectivity index is 1.35. The van der Waals surface area contributed by atoms with E-state index in [9.17, 15) is 4.79 Å². The molecule has 1 aliphatic carbocycles. The maximum atomic E-state index is 12.6. The smallest absolute Gasteiger partial charge is 0.321 e. The normalized spacial score (nSPS) is 19.0. The number of carbonyl (C=O) groups is 1. The number of aryl methyl sites for hydroxylation is 1. The summed E-state index contributed by atoms with van der Waals surface area (Å²) >= 11 is 0. The summed E-state index contributed by atoms with van der Waals surface area (Å²) in [7, 11) is 2.00. The lowest BCUT2D eigenvalue weighted by molar-refractivity contribution is 0.0105. The summed E-state index contributed by atoms with van der Waals surface area (Å²) in [5.41, 5.74) is 1.94. The summed E-state index contributed by atoms with van der Waals surface area (Å²) in [6.07, 6.45) is 6.87. The lowest BCUT2D eigenvalue weighted by Gasteiger charge is -2.32. The van der Waals surface area contributed by atoms with Gasteiger partial charge in [-0.3, -0.25) is 0 Å². The molecular formula is C19H25N3O2. The highest BCUT2D eigenvalue weighted by molar-refractivity contribution is 6.00. The molecule has 0 unspecified atom stereocenters. The largest absolute Gasteiger partial charge is 0.378 e. The number of anilines is 1. The second-order valence-corrected chi connectivity index (χ2v) is 7.06. The van der Waals surface area contributed by atoms with Crippen LogP contribution in [0, 0.1) is 5.92 Å². The van der Waals surface area contributed by atoms with Crippen molar-refractivity contribution in [1.29, 1.82) is 0 Å². The van der Waals surface area contributed by atoms with Gasteiger partial charge in [0, 0.05) is 38.3 Å². The van der Waals surface area contributed by atoms with Crippen LogP contribution in [0.25, 0.3) is 10.9 Å². The first kappa shape index (κ1) is 15.5. The van der Waals surface area contributed by atoms with Crippen LogP contribution in [-0.4, -0.2) is 41.3 Å². The van der Waals surface area contributed by atoms with E-state index < -0.39 is 0 Å². The number of aromatic nitrogens is 1. The van der Waals surface area contributed by atoms with Gasteiger partial charge in [-0.05, 0) is 43.7 Å². The molecule has 2 heterocycles. The molecule has 0 atom stereocenters. The molecule has 128 valence electrons. The van der Waals surface area contributed by atoms with Crippen molar-refractivity contribution in [3.63, 3.8) is 0 Å². The van der Waals surface area contributed by atoms with Crippen LogP contribution in [0.3, 0.4) is 0 Å². The maximum Gasteiger partial charge on any atom is 0.321 e. The molecule has 1 saturated heterocycles. The van der Waals surface area contributed by atoms with Crippen molar-refractivity contribution < 1.29 is 9.53 Å². The van der Waals surface area contributed by atoms with E-state index in [0.29, 0.717) is 6.10 Å². The number of rotatable bonds is 4. The molecule has 2 aromatic rings. The number of likely N-dealkylation sites (tertiary alicyclic amines) is 1. The number of piperidine rings is 1. The first-order valence-electron chi connectivity index (χ1n) is 8.92. The number of amides is 2. The summed E-state index contributed by atoms with van der Waals surface area (Å²) < 4.78 is 8.00. The fourth-order valence-corrected chi connectivity index (χ4v) is 3.43. The summed E-state index contributed by atoms with van der Waals surface area (Å²) in [4.78, 5) is 14.5. The van der Waals surface area contributed by atoms with E-state index in [1.54, 1.807) is 0 Å². The average molecular weight is 327 g/mol. The number of hydrogen-bond donors (Lipinski definition) is 1. The molecule has 24 heavy (non-hydrogen) atoms. The molecular weight excluding hydrogens is 302 g/mol. The van der Waals surface area contributed by atoms with E-state index in [2.05, 4.69) is 17.4 Å². The van der Waals surface area contributed by atoms with Crippen LogP contribution in [0.4, 0.5) is 10.5 Å². The lowest BCUT2D eigenvalue weighted by Crippen LogP contribution is -2.43.